The Balaban J connectivity index is 1.58. The zero-order valence-electron chi connectivity index (χ0n) is 15.8. The molecule has 29 heavy (non-hydrogen) atoms. The molecule has 2 aromatic heterocycles. The fourth-order valence-electron chi connectivity index (χ4n) is 2.35. The van der Waals surface area contributed by atoms with Crippen LogP contribution in [0.2, 0.25) is 0 Å². The summed E-state index contributed by atoms with van der Waals surface area (Å²) in [5.74, 6) is -1.26. The van der Waals surface area contributed by atoms with E-state index in [4.69, 9.17) is 4.74 Å². The summed E-state index contributed by atoms with van der Waals surface area (Å²) in [6.45, 7) is 3.64. The summed E-state index contributed by atoms with van der Waals surface area (Å²) in [6.07, 6.45) is 0.121. The van der Waals surface area contributed by atoms with Crippen LogP contribution in [0, 0.1) is 11.6 Å². The van der Waals surface area contributed by atoms with E-state index in [1.165, 1.54) is 29.2 Å². The summed E-state index contributed by atoms with van der Waals surface area (Å²) >= 11 is 2.52. The Kier molecular flexibility index (Phi) is 6.75. The summed E-state index contributed by atoms with van der Waals surface area (Å²) < 4.78 is 34.0. The minimum absolute atomic E-state index is 0.0843. The number of amides is 1. The summed E-state index contributed by atoms with van der Waals surface area (Å²) in [6, 6.07) is 3.08. The average Bonchev–Trinajstić information content (AvgIpc) is 3.28. The van der Waals surface area contributed by atoms with Crippen molar-refractivity contribution in [1.29, 1.82) is 0 Å². The van der Waals surface area contributed by atoms with Gasteiger partial charge < -0.3 is 9.30 Å². The summed E-state index contributed by atoms with van der Waals surface area (Å²) in [4.78, 5) is 12.1. The number of benzene rings is 1. The number of anilines is 1. The van der Waals surface area contributed by atoms with Crippen molar-refractivity contribution in [3.63, 3.8) is 0 Å². The highest BCUT2D eigenvalue weighted by atomic mass is 32.2. The first-order valence-electron chi connectivity index (χ1n) is 8.63. The van der Waals surface area contributed by atoms with Crippen molar-refractivity contribution < 1.29 is 18.3 Å². The molecule has 1 atom stereocenters. The predicted octanol–water partition coefficient (Wildman–Crippen LogP) is 3.38. The first-order chi connectivity index (χ1) is 13.9. The molecule has 3 rings (SSSR count). The molecule has 0 saturated heterocycles. The number of thioether (sulfide) groups is 1. The number of nitrogens with one attached hydrogen (secondary N) is 1. The number of ether oxygens (including phenoxy) is 1. The zero-order valence-corrected chi connectivity index (χ0v) is 17.5. The van der Waals surface area contributed by atoms with Crippen molar-refractivity contribution in [1.82, 2.24) is 25.0 Å². The fraction of sp³-hybridized carbons (Fsp3) is 0.353. The van der Waals surface area contributed by atoms with Crippen LogP contribution in [-0.4, -0.2) is 36.6 Å². The molecular weight excluding hydrogens is 422 g/mol. The number of aromatic nitrogens is 5. The lowest BCUT2D eigenvalue weighted by Gasteiger charge is -2.14. The van der Waals surface area contributed by atoms with E-state index < -0.39 is 17.7 Å². The van der Waals surface area contributed by atoms with Crippen LogP contribution in [0.25, 0.3) is 0 Å². The Bertz CT molecular complexity index is 1010. The van der Waals surface area contributed by atoms with E-state index >= 15 is 0 Å². The number of halogens is 2. The molecule has 0 radical (unpaired) electrons. The first-order valence-corrected chi connectivity index (χ1v) is 10.4. The van der Waals surface area contributed by atoms with Gasteiger partial charge in [-0.1, -0.05) is 30.0 Å². The molecule has 0 bridgehead atoms. The van der Waals surface area contributed by atoms with Gasteiger partial charge in [-0.3, -0.25) is 10.1 Å². The molecule has 3 aromatic rings. The number of aryl methyl sites for hydroxylation is 1. The van der Waals surface area contributed by atoms with Gasteiger partial charge in [0.25, 0.3) is 0 Å². The molecule has 2 heterocycles. The zero-order chi connectivity index (χ0) is 21.0. The van der Waals surface area contributed by atoms with Crippen LogP contribution in [0.1, 0.15) is 30.8 Å². The number of hydrogen-bond acceptors (Lipinski definition) is 8. The Labute approximate surface area is 173 Å². The number of hydrogen-bond donors (Lipinski definition) is 1. The Morgan fingerprint density at radius 1 is 1.31 bits per heavy atom. The van der Waals surface area contributed by atoms with Crippen LogP contribution in [0.5, 0.6) is 5.75 Å². The van der Waals surface area contributed by atoms with Gasteiger partial charge in [0.15, 0.2) is 28.7 Å². The molecular formula is C17H18F2N6O2S2. The van der Waals surface area contributed by atoms with Crippen LogP contribution in [0.15, 0.2) is 23.4 Å². The van der Waals surface area contributed by atoms with Gasteiger partial charge in [-0.25, -0.2) is 8.78 Å². The number of nitrogens with zero attached hydrogens (tertiary/aromatic N) is 5. The van der Waals surface area contributed by atoms with E-state index in [2.05, 4.69) is 25.7 Å². The second kappa shape index (κ2) is 9.27. The molecule has 8 nitrogen and oxygen atoms in total. The van der Waals surface area contributed by atoms with Crippen molar-refractivity contribution in [2.24, 2.45) is 7.05 Å². The Hall–Kier alpha value is -2.60. The molecule has 0 spiro atoms. The Morgan fingerprint density at radius 2 is 2.10 bits per heavy atom. The quantitative estimate of drug-likeness (QED) is 0.537. The van der Waals surface area contributed by atoms with Crippen LogP contribution >= 0.6 is 23.1 Å². The maximum absolute atomic E-state index is 13.8. The Morgan fingerprint density at radius 3 is 2.79 bits per heavy atom. The lowest BCUT2D eigenvalue weighted by molar-refractivity contribution is -0.113. The summed E-state index contributed by atoms with van der Waals surface area (Å²) in [5, 5.41) is 20.4. The van der Waals surface area contributed by atoms with Crippen LogP contribution in [0.4, 0.5) is 13.9 Å². The second-order valence-corrected chi connectivity index (χ2v) is 7.93. The topological polar surface area (TPSA) is 94.8 Å². The van der Waals surface area contributed by atoms with Gasteiger partial charge >= 0.3 is 0 Å². The highest BCUT2D eigenvalue weighted by molar-refractivity contribution is 7.99. The van der Waals surface area contributed by atoms with Crippen molar-refractivity contribution in [3.05, 3.63) is 40.7 Å². The molecule has 1 aromatic carbocycles. The number of carbonyl (C=O) groups excluding carboxylic acids is 1. The molecule has 0 aliphatic rings. The number of rotatable bonds is 8. The van der Waals surface area contributed by atoms with E-state index in [1.807, 2.05) is 6.92 Å². The van der Waals surface area contributed by atoms with E-state index in [0.717, 1.165) is 23.6 Å². The molecule has 154 valence electrons. The summed E-state index contributed by atoms with van der Waals surface area (Å²) in [7, 11) is 1.72. The molecule has 1 amide bonds. The smallest absolute Gasteiger partial charge is 0.236 e. The molecule has 0 aliphatic heterocycles. The van der Waals surface area contributed by atoms with Crippen LogP contribution in [0.3, 0.4) is 0 Å². The average molecular weight is 441 g/mol. The van der Waals surface area contributed by atoms with Crippen molar-refractivity contribution in [3.8, 4) is 5.75 Å². The first kappa shape index (κ1) is 21.1. The third-order valence-corrected chi connectivity index (χ3v) is 5.78. The van der Waals surface area contributed by atoms with Crippen LogP contribution < -0.4 is 10.1 Å². The second-order valence-electron chi connectivity index (χ2n) is 5.93. The molecule has 1 N–H and O–H groups in total. The lowest BCUT2D eigenvalue weighted by Crippen LogP contribution is -2.14. The van der Waals surface area contributed by atoms with E-state index in [-0.39, 0.29) is 17.4 Å². The van der Waals surface area contributed by atoms with E-state index in [0.29, 0.717) is 16.1 Å². The normalized spacial score (nSPS) is 12.0. The van der Waals surface area contributed by atoms with Gasteiger partial charge in [-0.15, -0.1) is 20.4 Å². The van der Waals surface area contributed by atoms with Gasteiger partial charge in [-0.2, -0.15) is 0 Å². The standard InChI is InChI=1S/C17H18F2N6O2S2/c1-4-14-21-23-16(29-14)20-13(26)8-28-17-24-22-15(25(17)3)9(2)27-12-6-5-10(18)7-11(12)19/h5-7,9H,4,8H2,1-3H3,(H,20,23,26). The van der Waals surface area contributed by atoms with Crippen molar-refractivity contribution in [2.75, 3.05) is 11.1 Å². The maximum Gasteiger partial charge on any atom is 0.236 e. The van der Waals surface area contributed by atoms with Crippen LogP contribution in [-0.2, 0) is 18.3 Å². The molecule has 0 fully saturated rings. The van der Waals surface area contributed by atoms with E-state index in [9.17, 15) is 13.6 Å². The van der Waals surface area contributed by atoms with Gasteiger partial charge in [0.05, 0.1) is 5.75 Å². The largest absolute Gasteiger partial charge is 0.480 e. The lowest BCUT2D eigenvalue weighted by atomic mass is 10.3. The van der Waals surface area contributed by atoms with Gasteiger partial charge in [0, 0.05) is 13.1 Å². The van der Waals surface area contributed by atoms with Crippen molar-refractivity contribution in [2.45, 2.75) is 31.5 Å². The predicted molar refractivity (Wildman–Crippen MR) is 105 cm³/mol. The summed E-state index contributed by atoms with van der Waals surface area (Å²) in [5.41, 5.74) is 0. The maximum atomic E-state index is 13.8. The third kappa shape index (κ3) is 5.26. The third-order valence-electron chi connectivity index (χ3n) is 3.78. The van der Waals surface area contributed by atoms with Gasteiger partial charge in [0.2, 0.25) is 11.0 Å². The highest BCUT2D eigenvalue weighted by Crippen LogP contribution is 2.26. The SMILES string of the molecule is CCc1nnc(NC(=O)CSc2nnc(C(C)Oc3ccc(F)cc3F)n2C)s1. The monoisotopic (exact) mass is 440 g/mol. The van der Waals surface area contributed by atoms with E-state index in [1.54, 1.807) is 18.5 Å². The van der Waals surface area contributed by atoms with Gasteiger partial charge in [-0.05, 0) is 25.5 Å². The highest BCUT2D eigenvalue weighted by Gasteiger charge is 2.19. The molecule has 0 saturated carbocycles. The minimum Gasteiger partial charge on any atom is -0.480 e. The molecule has 0 aliphatic carbocycles. The molecule has 1 unspecified atom stereocenters. The van der Waals surface area contributed by atoms with Crippen molar-refractivity contribution >= 4 is 34.1 Å². The fourth-order valence-corrected chi connectivity index (χ4v) is 3.77. The molecule has 12 heteroatoms. The number of carbonyl (C=O) groups is 1. The minimum atomic E-state index is -0.798. The van der Waals surface area contributed by atoms with Gasteiger partial charge in [0.1, 0.15) is 10.8 Å².